The summed E-state index contributed by atoms with van der Waals surface area (Å²) in [6, 6.07) is 13.3. The third-order valence-electron chi connectivity index (χ3n) is 8.43. The number of hydrogen-bond acceptors (Lipinski definition) is 5. The highest BCUT2D eigenvalue weighted by molar-refractivity contribution is 6.39. The first-order chi connectivity index (χ1) is 17.8. The van der Waals surface area contributed by atoms with E-state index in [0.29, 0.717) is 17.0 Å². The number of anilines is 1. The Labute approximate surface area is 214 Å². The lowest BCUT2D eigenvalue weighted by Gasteiger charge is -2.57. The first-order valence-electron chi connectivity index (χ1n) is 12.8. The van der Waals surface area contributed by atoms with Gasteiger partial charge in [0.15, 0.2) is 6.61 Å². The molecule has 0 radical (unpaired) electrons. The van der Waals surface area contributed by atoms with Gasteiger partial charge >= 0.3 is 12.0 Å². The minimum Gasteiger partial charge on any atom is -0.482 e. The lowest BCUT2D eigenvalue weighted by molar-refractivity contribution is -0.139. The fourth-order valence-corrected chi connectivity index (χ4v) is 7.29. The Kier molecular flexibility index (Phi) is 5.62. The molecule has 4 saturated carbocycles. The van der Waals surface area contributed by atoms with Crippen LogP contribution in [0.5, 0.6) is 5.75 Å². The number of carbonyl (C=O) groups is 4. The third kappa shape index (κ3) is 4.30. The zero-order chi connectivity index (χ0) is 25.7. The monoisotopic (exact) mass is 500 g/mol. The number of aliphatic carboxylic acids is 1. The van der Waals surface area contributed by atoms with E-state index >= 15 is 0 Å². The Morgan fingerprint density at radius 1 is 0.946 bits per heavy atom. The molecule has 2 N–H and O–H groups in total. The summed E-state index contributed by atoms with van der Waals surface area (Å²) in [5, 5.41) is 11.0. The van der Waals surface area contributed by atoms with Crippen molar-refractivity contribution in [2.75, 3.05) is 11.5 Å². The van der Waals surface area contributed by atoms with Crippen molar-refractivity contribution < 1.29 is 29.0 Å². The van der Waals surface area contributed by atoms with Gasteiger partial charge in [0.1, 0.15) is 11.3 Å². The van der Waals surface area contributed by atoms with E-state index in [1.807, 2.05) is 12.1 Å². The zero-order valence-corrected chi connectivity index (χ0v) is 20.3. The van der Waals surface area contributed by atoms with Gasteiger partial charge in [-0.15, -0.1) is 0 Å². The normalized spacial score (nSPS) is 29.5. The van der Waals surface area contributed by atoms with Crippen molar-refractivity contribution in [3.63, 3.8) is 0 Å². The molecule has 1 heterocycles. The third-order valence-corrected chi connectivity index (χ3v) is 8.43. The van der Waals surface area contributed by atoms with Gasteiger partial charge in [0, 0.05) is 0 Å². The Morgan fingerprint density at radius 3 is 2.11 bits per heavy atom. The summed E-state index contributed by atoms with van der Waals surface area (Å²) < 4.78 is 5.11. The van der Waals surface area contributed by atoms with E-state index in [2.05, 4.69) is 17.4 Å². The number of ether oxygens (including phenoxy) is 1. The quantitative estimate of drug-likeness (QED) is 0.452. The number of carboxylic acid groups (broad SMARTS) is 1. The maximum Gasteiger partial charge on any atom is 0.341 e. The fourth-order valence-electron chi connectivity index (χ4n) is 7.29. The summed E-state index contributed by atoms with van der Waals surface area (Å²) in [6.45, 7) is -0.472. The molecule has 2 aromatic rings. The molecule has 0 spiro atoms. The van der Waals surface area contributed by atoms with E-state index in [-0.39, 0.29) is 11.0 Å². The highest BCUT2D eigenvalue weighted by Crippen LogP contribution is 2.60. The molecule has 5 fully saturated rings. The maximum absolute atomic E-state index is 13.3. The summed E-state index contributed by atoms with van der Waals surface area (Å²) >= 11 is 0. The Balaban J connectivity index is 1.23. The number of hydrogen-bond donors (Lipinski definition) is 2. The number of amides is 4. The molecule has 5 aliphatic rings. The van der Waals surface area contributed by atoms with Gasteiger partial charge in [-0.3, -0.25) is 14.9 Å². The minimum absolute atomic E-state index is 0.163. The molecular weight excluding hydrogens is 472 g/mol. The minimum atomic E-state index is -1.09. The van der Waals surface area contributed by atoms with Crippen LogP contribution in [0.1, 0.15) is 49.7 Å². The molecule has 7 rings (SSSR count). The Morgan fingerprint density at radius 2 is 1.54 bits per heavy atom. The van der Waals surface area contributed by atoms with Crippen LogP contribution in [0.2, 0.25) is 0 Å². The fraction of sp³-hybridized carbons (Fsp3) is 0.379. The van der Waals surface area contributed by atoms with Gasteiger partial charge in [-0.1, -0.05) is 24.3 Å². The number of benzene rings is 2. The van der Waals surface area contributed by atoms with Gasteiger partial charge in [-0.2, -0.15) is 0 Å². The number of imide groups is 2. The number of barbiturate groups is 1. The predicted octanol–water partition coefficient (Wildman–Crippen LogP) is 4.28. The number of rotatable bonds is 6. The highest BCUT2D eigenvalue weighted by atomic mass is 16.5. The van der Waals surface area contributed by atoms with E-state index in [0.717, 1.165) is 22.7 Å². The van der Waals surface area contributed by atoms with E-state index in [1.54, 1.807) is 24.3 Å². The van der Waals surface area contributed by atoms with Crippen molar-refractivity contribution in [2.24, 2.45) is 17.8 Å². The lowest BCUT2D eigenvalue weighted by Crippen LogP contribution is -2.54. The molecule has 0 aromatic heterocycles. The van der Waals surface area contributed by atoms with Gasteiger partial charge in [-0.05, 0) is 103 Å². The van der Waals surface area contributed by atoms with Crippen LogP contribution in [0.4, 0.5) is 10.5 Å². The SMILES string of the molecule is O=C(O)COc1ccc(/C=C2\C(=O)NC(=O)N(c3ccc(C45CC6CC(CC(C6)C4)C5)cc3)C2=O)cc1. The van der Waals surface area contributed by atoms with Gasteiger partial charge in [0.25, 0.3) is 11.8 Å². The highest BCUT2D eigenvalue weighted by Gasteiger charge is 2.51. The van der Waals surface area contributed by atoms with Gasteiger partial charge in [0.05, 0.1) is 5.69 Å². The second-order valence-corrected chi connectivity index (χ2v) is 11.0. The summed E-state index contributed by atoms with van der Waals surface area (Å²) in [6.07, 6.45) is 9.17. The number of nitrogens with zero attached hydrogens (tertiary/aromatic N) is 1. The molecule has 0 atom stereocenters. The summed E-state index contributed by atoms with van der Waals surface area (Å²) in [5.41, 5.74) is 2.30. The number of urea groups is 1. The van der Waals surface area contributed by atoms with Crippen molar-refractivity contribution in [3.05, 3.63) is 65.2 Å². The first-order valence-corrected chi connectivity index (χ1v) is 12.8. The Hall–Kier alpha value is -3.94. The van der Waals surface area contributed by atoms with Crippen molar-refractivity contribution in [3.8, 4) is 5.75 Å². The number of carbonyl (C=O) groups excluding carboxylic acids is 3. The van der Waals surface area contributed by atoms with Gasteiger partial charge < -0.3 is 9.84 Å². The van der Waals surface area contributed by atoms with Crippen molar-refractivity contribution >= 4 is 35.6 Å². The van der Waals surface area contributed by atoms with Crippen LogP contribution in [0, 0.1) is 17.8 Å². The molecule has 8 nitrogen and oxygen atoms in total. The van der Waals surface area contributed by atoms with Crippen LogP contribution >= 0.6 is 0 Å². The molecule has 4 aliphatic carbocycles. The van der Waals surface area contributed by atoms with Crippen molar-refractivity contribution in [1.29, 1.82) is 0 Å². The molecule has 8 heteroatoms. The van der Waals surface area contributed by atoms with Crippen LogP contribution < -0.4 is 15.0 Å². The van der Waals surface area contributed by atoms with Crippen LogP contribution in [-0.2, 0) is 19.8 Å². The topological polar surface area (TPSA) is 113 Å². The molecule has 1 aliphatic heterocycles. The average Bonchev–Trinajstić information content (AvgIpc) is 2.85. The van der Waals surface area contributed by atoms with E-state index in [9.17, 15) is 19.2 Å². The second kappa shape index (κ2) is 8.87. The Bertz CT molecular complexity index is 1280. The molecule has 1 saturated heterocycles. The van der Waals surface area contributed by atoms with Crippen LogP contribution in [-0.4, -0.2) is 35.5 Å². The standard InChI is InChI=1S/C29H28N2O6/c32-25(33)16-37-23-7-1-17(2-8-23)12-24-26(34)30-28(36)31(27(24)35)22-5-3-21(4-6-22)29-13-18-9-19(14-29)11-20(10-18)15-29/h1-8,12,18-20H,9-11,13-16H2,(H,32,33)(H,30,34,36)/b24-12+. The average molecular weight is 501 g/mol. The second-order valence-electron chi connectivity index (χ2n) is 11.0. The summed E-state index contributed by atoms with van der Waals surface area (Å²) in [5.74, 6) is 0.252. The molecule has 2 aromatic carbocycles. The zero-order valence-electron chi connectivity index (χ0n) is 20.3. The van der Waals surface area contributed by atoms with Gasteiger partial charge in [-0.25, -0.2) is 14.5 Å². The molecule has 190 valence electrons. The van der Waals surface area contributed by atoms with E-state index < -0.39 is 30.4 Å². The lowest BCUT2D eigenvalue weighted by atomic mass is 9.48. The summed E-state index contributed by atoms with van der Waals surface area (Å²) in [4.78, 5) is 50.1. The van der Waals surface area contributed by atoms with E-state index in [4.69, 9.17) is 9.84 Å². The molecule has 37 heavy (non-hydrogen) atoms. The van der Waals surface area contributed by atoms with E-state index in [1.165, 1.54) is 50.2 Å². The molecule has 4 amide bonds. The van der Waals surface area contributed by atoms with Crippen LogP contribution in [0.15, 0.2) is 54.1 Å². The first kappa shape index (κ1) is 23.5. The predicted molar refractivity (Wildman–Crippen MR) is 135 cm³/mol. The van der Waals surface area contributed by atoms with Crippen molar-refractivity contribution in [1.82, 2.24) is 5.32 Å². The van der Waals surface area contributed by atoms with Crippen LogP contribution in [0.3, 0.4) is 0 Å². The smallest absolute Gasteiger partial charge is 0.341 e. The van der Waals surface area contributed by atoms with Crippen molar-refractivity contribution in [2.45, 2.75) is 43.9 Å². The van der Waals surface area contributed by atoms with Crippen LogP contribution in [0.25, 0.3) is 6.08 Å². The maximum atomic E-state index is 13.3. The number of nitrogens with one attached hydrogen (secondary N) is 1. The molecule has 4 bridgehead atoms. The van der Waals surface area contributed by atoms with Gasteiger partial charge in [0.2, 0.25) is 0 Å². The molecule has 0 unspecified atom stereocenters. The number of carboxylic acids is 1. The largest absolute Gasteiger partial charge is 0.482 e. The molecular formula is C29H28N2O6. The summed E-state index contributed by atoms with van der Waals surface area (Å²) in [7, 11) is 0.